The lowest BCUT2D eigenvalue weighted by atomic mass is 10.00. The molecule has 0 aliphatic heterocycles. The maximum atomic E-state index is 13.8. The van der Waals surface area contributed by atoms with Crippen molar-refractivity contribution >= 4 is 0 Å². The van der Waals surface area contributed by atoms with E-state index in [9.17, 15) is 4.39 Å². The van der Waals surface area contributed by atoms with Crippen molar-refractivity contribution in [3.8, 4) is 11.5 Å². The highest BCUT2D eigenvalue weighted by atomic mass is 19.1. The third-order valence-corrected chi connectivity index (χ3v) is 3.07. The Morgan fingerprint density at radius 2 is 1.86 bits per heavy atom. The van der Waals surface area contributed by atoms with E-state index in [4.69, 9.17) is 15.2 Å². The minimum atomic E-state index is -0.581. The number of hydrogen-bond donors (Lipinski definition) is 1. The Kier molecular flexibility index (Phi) is 5.11. The van der Waals surface area contributed by atoms with Crippen LogP contribution in [0, 0.1) is 5.82 Å². The van der Waals surface area contributed by atoms with Gasteiger partial charge in [0.15, 0.2) is 11.5 Å². The van der Waals surface area contributed by atoms with E-state index in [1.807, 2.05) is 19.9 Å². The van der Waals surface area contributed by atoms with Crippen molar-refractivity contribution in [1.82, 2.24) is 4.98 Å². The molecule has 0 fully saturated rings. The molecule has 5 heteroatoms. The van der Waals surface area contributed by atoms with Crippen molar-refractivity contribution in [2.45, 2.75) is 19.9 Å². The minimum absolute atomic E-state index is 0.400. The smallest absolute Gasteiger partial charge is 0.161 e. The number of ether oxygens (including phenoxy) is 2. The number of hydrogen-bond acceptors (Lipinski definition) is 4. The van der Waals surface area contributed by atoms with Gasteiger partial charge in [-0.3, -0.25) is 4.98 Å². The summed E-state index contributed by atoms with van der Waals surface area (Å²) >= 11 is 0. The summed E-state index contributed by atoms with van der Waals surface area (Å²) in [5, 5.41) is 0. The quantitative estimate of drug-likeness (QED) is 0.888. The molecule has 0 radical (unpaired) electrons. The van der Waals surface area contributed by atoms with Crippen molar-refractivity contribution in [2.24, 2.45) is 5.73 Å². The standard InChI is InChI=1S/C16H19FN2O2/c1-3-20-14-6-5-11(9-15(14)21-4-2)16(18)12-7-8-19-10-13(12)17/h5-10,16H,3-4,18H2,1-2H3. The van der Waals surface area contributed by atoms with Crippen LogP contribution in [0.2, 0.25) is 0 Å². The Hall–Kier alpha value is -2.14. The van der Waals surface area contributed by atoms with Gasteiger partial charge in [0.25, 0.3) is 0 Å². The lowest BCUT2D eigenvalue weighted by molar-refractivity contribution is 0.287. The summed E-state index contributed by atoms with van der Waals surface area (Å²) in [5.74, 6) is 0.851. The summed E-state index contributed by atoms with van der Waals surface area (Å²) in [5.41, 5.74) is 7.30. The largest absolute Gasteiger partial charge is 0.490 e. The second-order valence-corrected chi connectivity index (χ2v) is 4.45. The van der Waals surface area contributed by atoms with Crippen LogP contribution in [-0.4, -0.2) is 18.2 Å². The van der Waals surface area contributed by atoms with Crippen molar-refractivity contribution in [3.05, 3.63) is 53.6 Å². The topological polar surface area (TPSA) is 57.4 Å². The normalized spacial score (nSPS) is 12.0. The van der Waals surface area contributed by atoms with Gasteiger partial charge in [-0.2, -0.15) is 0 Å². The zero-order valence-corrected chi connectivity index (χ0v) is 12.2. The molecule has 0 amide bonds. The Bertz CT molecular complexity index is 605. The molecule has 1 aromatic carbocycles. The summed E-state index contributed by atoms with van der Waals surface area (Å²) in [7, 11) is 0. The van der Waals surface area contributed by atoms with Gasteiger partial charge in [-0.05, 0) is 37.6 Å². The molecule has 1 heterocycles. The SMILES string of the molecule is CCOc1ccc(C(N)c2ccncc2F)cc1OCC. The monoisotopic (exact) mass is 290 g/mol. The lowest BCUT2D eigenvalue weighted by Crippen LogP contribution is -2.14. The van der Waals surface area contributed by atoms with E-state index in [1.54, 1.807) is 18.2 Å². The van der Waals surface area contributed by atoms with Crippen LogP contribution in [0.25, 0.3) is 0 Å². The van der Waals surface area contributed by atoms with Crippen LogP contribution in [0.5, 0.6) is 11.5 Å². The third-order valence-electron chi connectivity index (χ3n) is 3.07. The molecule has 2 N–H and O–H groups in total. The fraction of sp³-hybridized carbons (Fsp3) is 0.312. The molecular formula is C16H19FN2O2. The van der Waals surface area contributed by atoms with E-state index in [1.165, 1.54) is 6.20 Å². The highest BCUT2D eigenvalue weighted by Gasteiger charge is 2.16. The molecule has 0 spiro atoms. The number of benzene rings is 1. The molecule has 1 atom stereocenters. The van der Waals surface area contributed by atoms with Gasteiger partial charge in [-0.25, -0.2) is 4.39 Å². The molecule has 21 heavy (non-hydrogen) atoms. The Balaban J connectivity index is 2.35. The number of nitrogens with two attached hydrogens (primary N) is 1. The first-order valence-corrected chi connectivity index (χ1v) is 6.91. The summed E-state index contributed by atoms with van der Waals surface area (Å²) < 4.78 is 24.8. The van der Waals surface area contributed by atoms with Crippen LogP contribution < -0.4 is 15.2 Å². The first kappa shape index (κ1) is 15.3. The van der Waals surface area contributed by atoms with E-state index in [-0.39, 0.29) is 0 Å². The zero-order chi connectivity index (χ0) is 15.2. The molecule has 2 aromatic rings. The van der Waals surface area contributed by atoms with Crippen LogP contribution in [0.3, 0.4) is 0 Å². The van der Waals surface area contributed by atoms with E-state index in [0.29, 0.717) is 30.3 Å². The van der Waals surface area contributed by atoms with E-state index < -0.39 is 11.9 Å². The average molecular weight is 290 g/mol. The second kappa shape index (κ2) is 7.04. The molecule has 0 bridgehead atoms. The zero-order valence-electron chi connectivity index (χ0n) is 12.2. The molecule has 1 aromatic heterocycles. The molecule has 4 nitrogen and oxygen atoms in total. The van der Waals surface area contributed by atoms with Gasteiger partial charge < -0.3 is 15.2 Å². The molecule has 112 valence electrons. The van der Waals surface area contributed by atoms with Gasteiger partial charge in [0, 0.05) is 11.8 Å². The fourth-order valence-electron chi connectivity index (χ4n) is 2.08. The van der Waals surface area contributed by atoms with Crippen molar-refractivity contribution < 1.29 is 13.9 Å². The second-order valence-electron chi connectivity index (χ2n) is 4.45. The Labute approximate surface area is 123 Å². The molecule has 0 saturated heterocycles. The van der Waals surface area contributed by atoms with Crippen LogP contribution in [0.1, 0.15) is 31.0 Å². The van der Waals surface area contributed by atoms with Crippen LogP contribution in [0.4, 0.5) is 4.39 Å². The molecule has 1 unspecified atom stereocenters. The number of rotatable bonds is 6. The minimum Gasteiger partial charge on any atom is -0.490 e. The maximum Gasteiger partial charge on any atom is 0.161 e. The Morgan fingerprint density at radius 1 is 1.14 bits per heavy atom. The predicted molar refractivity (Wildman–Crippen MR) is 79.0 cm³/mol. The molecular weight excluding hydrogens is 271 g/mol. The highest BCUT2D eigenvalue weighted by molar-refractivity contribution is 5.45. The van der Waals surface area contributed by atoms with Gasteiger partial charge >= 0.3 is 0 Å². The van der Waals surface area contributed by atoms with E-state index in [2.05, 4.69) is 4.98 Å². The predicted octanol–water partition coefficient (Wildman–Crippen LogP) is 3.07. The average Bonchev–Trinajstić information content (AvgIpc) is 2.49. The first-order valence-electron chi connectivity index (χ1n) is 6.91. The van der Waals surface area contributed by atoms with Crippen LogP contribution >= 0.6 is 0 Å². The number of halogens is 1. The van der Waals surface area contributed by atoms with Crippen LogP contribution in [-0.2, 0) is 0 Å². The molecule has 0 aliphatic rings. The summed E-state index contributed by atoms with van der Waals surface area (Å²) in [4.78, 5) is 3.73. The number of pyridine rings is 1. The van der Waals surface area contributed by atoms with Crippen molar-refractivity contribution in [1.29, 1.82) is 0 Å². The maximum absolute atomic E-state index is 13.8. The summed E-state index contributed by atoms with van der Waals surface area (Å²) in [6.07, 6.45) is 2.68. The fourth-order valence-corrected chi connectivity index (χ4v) is 2.08. The number of nitrogens with zero attached hydrogens (tertiary/aromatic N) is 1. The van der Waals surface area contributed by atoms with E-state index in [0.717, 1.165) is 11.8 Å². The summed E-state index contributed by atoms with van der Waals surface area (Å²) in [6.45, 7) is 4.86. The van der Waals surface area contributed by atoms with Gasteiger partial charge in [-0.1, -0.05) is 6.07 Å². The van der Waals surface area contributed by atoms with E-state index >= 15 is 0 Å². The molecule has 0 saturated carbocycles. The van der Waals surface area contributed by atoms with Crippen molar-refractivity contribution in [2.75, 3.05) is 13.2 Å². The highest BCUT2D eigenvalue weighted by Crippen LogP contribution is 2.32. The Morgan fingerprint density at radius 3 is 2.52 bits per heavy atom. The lowest BCUT2D eigenvalue weighted by Gasteiger charge is -2.17. The third kappa shape index (κ3) is 3.49. The van der Waals surface area contributed by atoms with Gasteiger partial charge in [-0.15, -0.1) is 0 Å². The molecule has 2 rings (SSSR count). The molecule has 0 aliphatic carbocycles. The summed E-state index contributed by atoms with van der Waals surface area (Å²) in [6, 6.07) is 6.40. The van der Waals surface area contributed by atoms with Gasteiger partial charge in [0.2, 0.25) is 0 Å². The van der Waals surface area contributed by atoms with Crippen LogP contribution in [0.15, 0.2) is 36.7 Å². The first-order chi connectivity index (χ1) is 10.2. The van der Waals surface area contributed by atoms with Gasteiger partial charge in [0.05, 0.1) is 25.5 Å². The van der Waals surface area contributed by atoms with Crippen molar-refractivity contribution in [3.63, 3.8) is 0 Å². The number of aromatic nitrogens is 1. The van der Waals surface area contributed by atoms with Gasteiger partial charge in [0.1, 0.15) is 5.82 Å².